The molecular formula is C16H17Cl2N5O4. The number of carboxylic acid groups (broad SMARTS) is 1. The zero-order valence-electron chi connectivity index (χ0n) is 14.0. The maximum absolute atomic E-state index is 11.9. The molecule has 27 heavy (non-hydrogen) atoms. The Balaban J connectivity index is 1.74. The molecule has 0 bridgehead atoms. The van der Waals surface area contributed by atoms with Crippen molar-refractivity contribution in [3.8, 4) is 0 Å². The number of carbonyl (C=O) groups excluding carboxylic acids is 2. The molecule has 0 fully saturated rings. The smallest absolute Gasteiger partial charge is 0.326 e. The third kappa shape index (κ3) is 6.80. The maximum Gasteiger partial charge on any atom is 0.326 e. The molecule has 0 radical (unpaired) electrons. The van der Waals surface area contributed by atoms with Crippen LogP contribution in [0.25, 0.3) is 0 Å². The number of benzene rings is 1. The number of imidazole rings is 1. The monoisotopic (exact) mass is 413 g/mol. The van der Waals surface area contributed by atoms with Crippen LogP contribution in [0.4, 0.5) is 10.5 Å². The van der Waals surface area contributed by atoms with E-state index in [1.807, 2.05) is 0 Å². The quantitative estimate of drug-likeness (QED) is 0.450. The summed E-state index contributed by atoms with van der Waals surface area (Å²) in [5.74, 6) is -1.67. The van der Waals surface area contributed by atoms with Crippen molar-refractivity contribution in [2.24, 2.45) is 0 Å². The molecule has 11 heteroatoms. The number of halogens is 2. The second-order valence-electron chi connectivity index (χ2n) is 5.50. The van der Waals surface area contributed by atoms with Crippen molar-refractivity contribution in [3.63, 3.8) is 0 Å². The molecule has 5 N–H and O–H groups in total. The topological polar surface area (TPSA) is 136 Å². The number of hydrogen-bond donors (Lipinski definition) is 5. The number of aromatic nitrogens is 2. The molecule has 0 aliphatic rings. The van der Waals surface area contributed by atoms with Gasteiger partial charge in [0.05, 0.1) is 16.4 Å². The lowest BCUT2D eigenvalue weighted by atomic mass is 10.1. The number of amides is 3. The number of rotatable bonds is 8. The highest BCUT2D eigenvalue weighted by Gasteiger charge is 2.20. The average molecular weight is 414 g/mol. The first-order valence-corrected chi connectivity index (χ1v) is 8.60. The van der Waals surface area contributed by atoms with E-state index < -0.39 is 23.9 Å². The molecule has 1 aromatic carbocycles. The molecule has 0 saturated carbocycles. The molecular weight excluding hydrogens is 397 g/mol. The van der Waals surface area contributed by atoms with Gasteiger partial charge in [-0.25, -0.2) is 14.6 Å². The Bertz CT molecular complexity index is 813. The zero-order chi connectivity index (χ0) is 19.8. The number of aromatic amines is 1. The van der Waals surface area contributed by atoms with Gasteiger partial charge in [-0.3, -0.25) is 4.79 Å². The van der Waals surface area contributed by atoms with Crippen LogP contribution in [0.5, 0.6) is 0 Å². The van der Waals surface area contributed by atoms with Gasteiger partial charge in [-0.15, -0.1) is 0 Å². The first-order valence-electron chi connectivity index (χ1n) is 7.84. The van der Waals surface area contributed by atoms with Gasteiger partial charge in [0, 0.05) is 37.0 Å². The number of nitrogens with zero attached hydrogens (tertiary/aromatic N) is 1. The molecule has 0 spiro atoms. The van der Waals surface area contributed by atoms with E-state index in [1.165, 1.54) is 18.6 Å². The molecule has 9 nitrogen and oxygen atoms in total. The molecule has 1 atom stereocenters. The van der Waals surface area contributed by atoms with Gasteiger partial charge in [0.1, 0.15) is 6.04 Å². The summed E-state index contributed by atoms with van der Waals surface area (Å²) in [5, 5.41) is 17.3. The second-order valence-corrected chi connectivity index (χ2v) is 6.31. The number of carbonyl (C=O) groups is 3. The fourth-order valence-electron chi connectivity index (χ4n) is 2.12. The van der Waals surface area contributed by atoms with Crippen LogP contribution in [0.3, 0.4) is 0 Å². The lowest BCUT2D eigenvalue weighted by Gasteiger charge is -2.14. The van der Waals surface area contributed by atoms with Crippen molar-refractivity contribution in [3.05, 3.63) is 46.5 Å². The van der Waals surface area contributed by atoms with Crippen LogP contribution in [-0.2, 0) is 16.0 Å². The van der Waals surface area contributed by atoms with Gasteiger partial charge in [0.15, 0.2) is 0 Å². The van der Waals surface area contributed by atoms with Gasteiger partial charge in [0.25, 0.3) is 0 Å². The predicted octanol–water partition coefficient (Wildman–Crippen LogP) is 2.04. The fraction of sp³-hybridized carbons (Fsp3) is 0.250. The van der Waals surface area contributed by atoms with Gasteiger partial charge in [-0.05, 0) is 18.2 Å². The Labute approximate surface area is 164 Å². The average Bonchev–Trinajstić information content (AvgIpc) is 3.10. The van der Waals surface area contributed by atoms with Crippen LogP contribution in [0.1, 0.15) is 12.1 Å². The first-order chi connectivity index (χ1) is 12.8. The summed E-state index contributed by atoms with van der Waals surface area (Å²) in [5.41, 5.74) is 1.03. The minimum absolute atomic E-state index is 0.0232. The second kappa shape index (κ2) is 9.79. The van der Waals surface area contributed by atoms with Crippen molar-refractivity contribution in [1.82, 2.24) is 20.6 Å². The number of anilines is 1. The Morgan fingerprint density at radius 3 is 2.63 bits per heavy atom. The molecule has 0 aliphatic carbocycles. The van der Waals surface area contributed by atoms with Crippen molar-refractivity contribution < 1.29 is 19.5 Å². The Morgan fingerprint density at radius 2 is 2.00 bits per heavy atom. The van der Waals surface area contributed by atoms with Crippen molar-refractivity contribution in [1.29, 1.82) is 0 Å². The molecule has 1 aromatic heterocycles. The van der Waals surface area contributed by atoms with Crippen LogP contribution in [0.15, 0.2) is 30.7 Å². The predicted molar refractivity (Wildman–Crippen MR) is 100.0 cm³/mol. The van der Waals surface area contributed by atoms with Gasteiger partial charge >= 0.3 is 12.0 Å². The lowest BCUT2D eigenvalue weighted by molar-refractivity contribution is -0.141. The van der Waals surface area contributed by atoms with Gasteiger partial charge in [-0.2, -0.15) is 0 Å². The van der Waals surface area contributed by atoms with Gasteiger partial charge in [-0.1, -0.05) is 23.2 Å². The molecule has 2 rings (SSSR count). The van der Waals surface area contributed by atoms with Gasteiger partial charge in [0.2, 0.25) is 5.91 Å². The molecule has 0 saturated heterocycles. The van der Waals surface area contributed by atoms with E-state index in [1.54, 1.807) is 12.1 Å². The third-order valence-corrected chi connectivity index (χ3v) is 4.17. The van der Waals surface area contributed by atoms with Crippen molar-refractivity contribution in [2.45, 2.75) is 18.9 Å². The minimum atomic E-state index is -1.16. The number of nitrogens with one attached hydrogen (secondary N) is 4. The Kier molecular flexibility index (Phi) is 7.44. The molecule has 2 aromatic rings. The highest BCUT2D eigenvalue weighted by molar-refractivity contribution is 6.42. The summed E-state index contributed by atoms with van der Waals surface area (Å²) in [4.78, 5) is 41.5. The summed E-state index contributed by atoms with van der Waals surface area (Å²) in [7, 11) is 0. The number of urea groups is 1. The van der Waals surface area contributed by atoms with Crippen LogP contribution in [0.2, 0.25) is 10.0 Å². The standard InChI is InChI=1S/C16H17Cl2N5O4/c17-11-2-1-9(5-12(11)18)22-16(27)20-4-3-14(24)23-13(15(25)26)6-10-7-19-8-21-10/h1-2,5,7-8,13H,3-4,6H2,(H,19,21)(H,23,24)(H,25,26)(H2,20,22,27)/t13-/m1/s1. The molecule has 0 unspecified atom stereocenters. The first kappa shape index (κ1) is 20.5. The van der Waals surface area contributed by atoms with E-state index in [-0.39, 0.29) is 19.4 Å². The van der Waals surface area contributed by atoms with E-state index in [0.29, 0.717) is 21.4 Å². The van der Waals surface area contributed by atoms with Crippen LogP contribution in [0, 0.1) is 0 Å². The van der Waals surface area contributed by atoms with Gasteiger partial charge < -0.3 is 26.0 Å². The Morgan fingerprint density at radius 1 is 1.22 bits per heavy atom. The number of carboxylic acids is 1. The van der Waals surface area contributed by atoms with Crippen molar-refractivity contribution >= 4 is 46.8 Å². The number of hydrogen-bond acceptors (Lipinski definition) is 4. The molecule has 0 aliphatic heterocycles. The maximum atomic E-state index is 11.9. The highest BCUT2D eigenvalue weighted by atomic mass is 35.5. The van der Waals surface area contributed by atoms with Crippen LogP contribution >= 0.6 is 23.2 Å². The highest BCUT2D eigenvalue weighted by Crippen LogP contribution is 2.24. The van der Waals surface area contributed by atoms with E-state index >= 15 is 0 Å². The summed E-state index contributed by atoms with van der Waals surface area (Å²) < 4.78 is 0. The summed E-state index contributed by atoms with van der Waals surface area (Å²) in [6.45, 7) is 0.0232. The summed E-state index contributed by atoms with van der Waals surface area (Å²) in [6, 6.07) is 2.98. The summed E-state index contributed by atoms with van der Waals surface area (Å²) in [6.07, 6.45) is 2.90. The molecule has 144 valence electrons. The molecule has 1 heterocycles. The zero-order valence-corrected chi connectivity index (χ0v) is 15.5. The fourth-order valence-corrected chi connectivity index (χ4v) is 2.42. The van der Waals surface area contributed by atoms with Crippen LogP contribution < -0.4 is 16.0 Å². The van der Waals surface area contributed by atoms with E-state index in [4.69, 9.17) is 23.2 Å². The number of aliphatic carboxylic acids is 1. The van der Waals surface area contributed by atoms with E-state index in [2.05, 4.69) is 25.9 Å². The van der Waals surface area contributed by atoms with E-state index in [9.17, 15) is 19.5 Å². The third-order valence-electron chi connectivity index (χ3n) is 3.43. The largest absolute Gasteiger partial charge is 0.480 e. The normalized spacial score (nSPS) is 11.5. The lowest BCUT2D eigenvalue weighted by Crippen LogP contribution is -2.43. The number of H-pyrrole nitrogens is 1. The van der Waals surface area contributed by atoms with Crippen molar-refractivity contribution in [2.75, 3.05) is 11.9 Å². The SMILES string of the molecule is O=C(CCNC(=O)Nc1ccc(Cl)c(Cl)c1)N[C@H](Cc1cnc[nH]1)C(=O)O. The Hall–Kier alpha value is -2.78. The molecule has 3 amide bonds. The summed E-state index contributed by atoms with van der Waals surface area (Å²) >= 11 is 11.6. The van der Waals surface area contributed by atoms with Crippen LogP contribution in [-0.4, -0.2) is 45.6 Å². The minimum Gasteiger partial charge on any atom is -0.480 e. The van der Waals surface area contributed by atoms with E-state index in [0.717, 1.165) is 0 Å².